The normalized spacial score (nSPS) is 10.4. The van der Waals surface area contributed by atoms with Crippen molar-refractivity contribution in [2.45, 2.75) is 20.0 Å². The molecule has 1 N–H and O–H groups in total. The summed E-state index contributed by atoms with van der Waals surface area (Å²) in [7, 11) is 1.64. The number of methoxy groups -OCH3 is 1. The number of thiocarbonyl (C=S) groups is 1. The minimum atomic E-state index is -0.266. The number of para-hydroxylation sites is 2. The van der Waals surface area contributed by atoms with Gasteiger partial charge in [-0.25, -0.2) is 4.39 Å². The molecule has 0 aliphatic carbocycles. The van der Waals surface area contributed by atoms with Crippen molar-refractivity contribution in [3.05, 3.63) is 89.7 Å². The number of halogens is 1. The van der Waals surface area contributed by atoms with Crippen molar-refractivity contribution in [2.24, 2.45) is 0 Å². The van der Waals surface area contributed by atoms with Crippen LogP contribution in [-0.4, -0.2) is 23.7 Å². The third-order valence-electron chi connectivity index (χ3n) is 4.51. The minimum Gasteiger partial charge on any atom is -0.497 e. The molecule has 0 spiro atoms. The number of rotatable bonds is 8. The summed E-state index contributed by atoms with van der Waals surface area (Å²) in [4.78, 5) is 1.99. The second-order valence-corrected chi connectivity index (χ2v) is 7.08. The van der Waals surface area contributed by atoms with E-state index >= 15 is 0 Å². The Morgan fingerprint density at radius 2 is 1.70 bits per heavy atom. The molecule has 0 unspecified atom stereocenters. The summed E-state index contributed by atoms with van der Waals surface area (Å²) >= 11 is 5.72. The molecular formula is C24H25FN2O2S. The van der Waals surface area contributed by atoms with Crippen LogP contribution < -0.4 is 14.8 Å². The van der Waals surface area contributed by atoms with E-state index in [1.54, 1.807) is 13.2 Å². The molecule has 156 valence electrons. The third-order valence-corrected chi connectivity index (χ3v) is 4.87. The van der Waals surface area contributed by atoms with Crippen LogP contribution in [0.25, 0.3) is 0 Å². The summed E-state index contributed by atoms with van der Waals surface area (Å²) in [5.41, 5.74) is 2.70. The van der Waals surface area contributed by atoms with Gasteiger partial charge >= 0.3 is 0 Å². The zero-order valence-electron chi connectivity index (χ0n) is 17.1. The van der Waals surface area contributed by atoms with Crippen molar-refractivity contribution < 1.29 is 13.9 Å². The van der Waals surface area contributed by atoms with E-state index in [2.05, 4.69) is 5.32 Å². The van der Waals surface area contributed by atoms with Crippen LogP contribution in [0.15, 0.2) is 72.8 Å². The number of anilines is 1. The summed E-state index contributed by atoms with van der Waals surface area (Å²) < 4.78 is 24.6. The highest BCUT2D eigenvalue weighted by Crippen LogP contribution is 2.25. The molecule has 0 aliphatic rings. The fourth-order valence-electron chi connectivity index (χ4n) is 3.05. The van der Waals surface area contributed by atoms with Crippen molar-refractivity contribution in [1.29, 1.82) is 0 Å². The molecule has 0 amide bonds. The maximum Gasteiger partial charge on any atom is 0.174 e. The molecule has 3 rings (SSSR count). The second-order valence-electron chi connectivity index (χ2n) is 6.69. The first-order chi connectivity index (χ1) is 14.6. The molecule has 0 atom stereocenters. The van der Waals surface area contributed by atoms with Gasteiger partial charge in [-0.3, -0.25) is 0 Å². The lowest BCUT2D eigenvalue weighted by Crippen LogP contribution is -2.34. The van der Waals surface area contributed by atoms with Gasteiger partial charge in [-0.1, -0.05) is 36.4 Å². The molecule has 0 heterocycles. The van der Waals surface area contributed by atoms with Crippen molar-refractivity contribution in [1.82, 2.24) is 4.90 Å². The first-order valence-corrected chi connectivity index (χ1v) is 10.1. The quantitative estimate of drug-likeness (QED) is 0.474. The molecule has 0 saturated carbocycles. The molecule has 0 fully saturated rings. The van der Waals surface area contributed by atoms with E-state index in [-0.39, 0.29) is 5.82 Å². The summed E-state index contributed by atoms with van der Waals surface area (Å²) in [5, 5.41) is 3.82. The van der Waals surface area contributed by atoms with Crippen molar-refractivity contribution in [3.8, 4) is 11.5 Å². The Kier molecular flexibility index (Phi) is 7.63. The van der Waals surface area contributed by atoms with Crippen LogP contribution in [0.4, 0.5) is 10.1 Å². The number of nitrogens with one attached hydrogen (secondary N) is 1. The molecule has 0 aromatic heterocycles. The minimum absolute atomic E-state index is 0.266. The van der Waals surface area contributed by atoms with Gasteiger partial charge in [0.1, 0.15) is 17.3 Å². The van der Waals surface area contributed by atoms with Gasteiger partial charge in [-0.15, -0.1) is 0 Å². The zero-order valence-corrected chi connectivity index (χ0v) is 17.9. The second kappa shape index (κ2) is 10.6. The SMILES string of the molecule is CCOc1ccccc1NC(=S)N(Cc1ccc(OC)cc1)Cc1cccc(F)c1. The average molecular weight is 425 g/mol. The third kappa shape index (κ3) is 5.94. The average Bonchev–Trinajstić information content (AvgIpc) is 2.75. The fraction of sp³-hybridized carbons (Fsp3) is 0.208. The van der Waals surface area contributed by atoms with Crippen molar-refractivity contribution in [3.63, 3.8) is 0 Å². The van der Waals surface area contributed by atoms with Gasteiger partial charge in [0, 0.05) is 13.1 Å². The van der Waals surface area contributed by atoms with Crippen LogP contribution in [-0.2, 0) is 13.1 Å². The number of hydrogen-bond donors (Lipinski definition) is 1. The zero-order chi connectivity index (χ0) is 21.3. The topological polar surface area (TPSA) is 33.7 Å². The Balaban J connectivity index is 1.82. The summed E-state index contributed by atoms with van der Waals surface area (Å²) in [6, 6.07) is 22.0. The maximum absolute atomic E-state index is 13.7. The van der Waals surface area contributed by atoms with E-state index in [4.69, 9.17) is 21.7 Å². The smallest absolute Gasteiger partial charge is 0.174 e. The number of hydrogen-bond acceptors (Lipinski definition) is 3. The van der Waals surface area contributed by atoms with Crippen LogP contribution >= 0.6 is 12.2 Å². The Hall–Kier alpha value is -3.12. The van der Waals surface area contributed by atoms with Crippen molar-refractivity contribution >= 4 is 23.0 Å². The molecule has 30 heavy (non-hydrogen) atoms. The lowest BCUT2D eigenvalue weighted by molar-refractivity contribution is 0.342. The van der Waals surface area contributed by atoms with Gasteiger partial charge in [0.2, 0.25) is 0 Å². The molecule has 4 nitrogen and oxygen atoms in total. The Labute approximate surface area is 182 Å². The van der Waals surface area contributed by atoms with Gasteiger partial charge in [-0.2, -0.15) is 0 Å². The van der Waals surface area contributed by atoms with Crippen LogP contribution in [0.2, 0.25) is 0 Å². The van der Waals surface area contributed by atoms with E-state index in [1.165, 1.54) is 12.1 Å². The van der Waals surface area contributed by atoms with Crippen LogP contribution in [0.3, 0.4) is 0 Å². The summed E-state index contributed by atoms with van der Waals surface area (Å²) in [6.07, 6.45) is 0. The van der Waals surface area contributed by atoms with Gasteiger partial charge in [-0.05, 0) is 66.7 Å². The summed E-state index contributed by atoms with van der Waals surface area (Å²) in [5.74, 6) is 1.26. The van der Waals surface area contributed by atoms with Gasteiger partial charge in [0.15, 0.2) is 5.11 Å². The van der Waals surface area contributed by atoms with E-state index < -0.39 is 0 Å². The van der Waals surface area contributed by atoms with Gasteiger partial charge in [0.25, 0.3) is 0 Å². The Morgan fingerprint density at radius 1 is 0.967 bits per heavy atom. The molecule has 6 heteroatoms. The molecule has 0 saturated heterocycles. The maximum atomic E-state index is 13.7. The van der Waals surface area contributed by atoms with Crippen LogP contribution in [0.1, 0.15) is 18.1 Å². The molecule has 0 aliphatic heterocycles. The first kappa shape index (κ1) is 21.6. The van der Waals surface area contributed by atoms with Crippen molar-refractivity contribution in [2.75, 3.05) is 19.0 Å². The highest BCUT2D eigenvalue weighted by atomic mass is 32.1. The molecule has 3 aromatic rings. The predicted octanol–water partition coefficient (Wildman–Crippen LogP) is 5.63. The lowest BCUT2D eigenvalue weighted by Gasteiger charge is -2.27. The highest BCUT2D eigenvalue weighted by molar-refractivity contribution is 7.80. The van der Waals surface area contributed by atoms with Gasteiger partial charge < -0.3 is 19.7 Å². The van der Waals surface area contributed by atoms with Crippen LogP contribution in [0.5, 0.6) is 11.5 Å². The lowest BCUT2D eigenvalue weighted by atomic mass is 10.1. The fourth-order valence-corrected chi connectivity index (χ4v) is 3.29. The number of ether oxygens (including phenoxy) is 2. The van der Waals surface area contributed by atoms with Crippen LogP contribution in [0, 0.1) is 5.82 Å². The predicted molar refractivity (Wildman–Crippen MR) is 122 cm³/mol. The highest BCUT2D eigenvalue weighted by Gasteiger charge is 2.14. The largest absolute Gasteiger partial charge is 0.497 e. The molecule has 0 bridgehead atoms. The molecule has 3 aromatic carbocycles. The molecular weight excluding hydrogens is 399 g/mol. The van der Waals surface area contributed by atoms with E-state index in [1.807, 2.05) is 66.4 Å². The van der Waals surface area contributed by atoms with E-state index in [0.717, 1.165) is 28.3 Å². The Bertz CT molecular complexity index is 979. The standard InChI is InChI=1S/C24H25FN2O2S/c1-3-29-23-10-5-4-9-22(23)26-24(30)27(17-19-7-6-8-20(25)15-19)16-18-11-13-21(28-2)14-12-18/h4-15H,3,16-17H2,1-2H3,(H,26,30). The summed E-state index contributed by atoms with van der Waals surface area (Å²) in [6.45, 7) is 3.52. The van der Waals surface area contributed by atoms with E-state index in [9.17, 15) is 4.39 Å². The number of benzene rings is 3. The monoisotopic (exact) mass is 424 g/mol. The number of nitrogens with zero attached hydrogens (tertiary/aromatic N) is 1. The van der Waals surface area contributed by atoms with Gasteiger partial charge in [0.05, 0.1) is 19.4 Å². The van der Waals surface area contributed by atoms with E-state index in [0.29, 0.717) is 24.8 Å². The first-order valence-electron chi connectivity index (χ1n) is 9.74. The Morgan fingerprint density at radius 3 is 2.40 bits per heavy atom. The molecule has 0 radical (unpaired) electrons.